The number of piperidine rings is 1. The molecule has 1 aliphatic rings. The van der Waals surface area contributed by atoms with Crippen molar-refractivity contribution in [2.75, 3.05) is 42.3 Å². The van der Waals surface area contributed by atoms with Gasteiger partial charge in [0.15, 0.2) is 0 Å². The first kappa shape index (κ1) is 15.3. The summed E-state index contributed by atoms with van der Waals surface area (Å²) in [7, 11) is 3.72. The zero-order valence-electron chi connectivity index (χ0n) is 13.0. The van der Waals surface area contributed by atoms with Crippen LogP contribution in [0.25, 0.3) is 0 Å². The van der Waals surface area contributed by atoms with Crippen molar-refractivity contribution in [3.63, 3.8) is 0 Å². The normalized spacial score (nSPS) is 16.2. The minimum absolute atomic E-state index is 0.0660. The van der Waals surface area contributed by atoms with Crippen LogP contribution in [0.5, 0.6) is 0 Å². The summed E-state index contributed by atoms with van der Waals surface area (Å²) in [5, 5.41) is 11.8. The molecule has 1 unspecified atom stereocenters. The van der Waals surface area contributed by atoms with Crippen LogP contribution < -0.4 is 15.1 Å². The van der Waals surface area contributed by atoms with Gasteiger partial charge in [-0.15, -0.1) is 0 Å². The summed E-state index contributed by atoms with van der Waals surface area (Å²) in [5.41, 5.74) is 0. The molecule has 1 saturated heterocycles. The fraction of sp³-hybridized carbons (Fsp3) is 0.714. The van der Waals surface area contributed by atoms with Crippen molar-refractivity contribution in [1.29, 1.82) is 5.26 Å². The minimum atomic E-state index is 0.0660. The van der Waals surface area contributed by atoms with Crippen LogP contribution in [0.4, 0.5) is 17.8 Å². The summed E-state index contributed by atoms with van der Waals surface area (Å²) in [6.45, 7) is 3.97. The molecule has 2 rings (SSSR count). The molecule has 114 valence electrons. The van der Waals surface area contributed by atoms with Gasteiger partial charge in [-0.2, -0.15) is 20.2 Å². The van der Waals surface area contributed by atoms with Gasteiger partial charge in [-0.1, -0.05) is 0 Å². The van der Waals surface area contributed by atoms with E-state index >= 15 is 0 Å². The maximum absolute atomic E-state index is 8.84. The van der Waals surface area contributed by atoms with Crippen molar-refractivity contribution in [2.45, 2.75) is 38.6 Å². The highest BCUT2D eigenvalue weighted by molar-refractivity contribution is 5.45. The van der Waals surface area contributed by atoms with Gasteiger partial charge in [0.2, 0.25) is 17.8 Å². The molecular weight excluding hydrogens is 266 g/mol. The molecule has 0 spiro atoms. The Morgan fingerprint density at radius 2 is 2.00 bits per heavy atom. The Balaban J connectivity index is 2.26. The molecule has 1 aliphatic heterocycles. The lowest BCUT2D eigenvalue weighted by Crippen LogP contribution is -2.34. The van der Waals surface area contributed by atoms with Crippen LogP contribution in [0.1, 0.15) is 32.6 Å². The van der Waals surface area contributed by atoms with Crippen LogP contribution in [0.2, 0.25) is 0 Å². The van der Waals surface area contributed by atoms with Gasteiger partial charge >= 0.3 is 0 Å². The van der Waals surface area contributed by atoms with E-state index in [9.17, 15) is 0 Å². The van der Waals surface area contributed by atoms with E-state index in [4.69, 9.17) is 5.26 Å². The molecular formula is C14H23N7. The first-order valence-electron chi connectivity index (χ1n) is 7.44. The third-order valence-corrected chi connectivity index (χ3v) is 3.84. The molecule has 7 heteroatoms. The number of hydrogen-bond donors (Lipinski definition) is 1. The second kappa shape index (κ2) is 7.07. The Labute approximate surface area is 126 Å². The highest BCUT2D eigenvalue weighted by Gasteiger charge is 2.19. The average molecular weight is 289 g/mol. The smallest absolute Gasteiger partial charge is 0.231 e. The summed E-state index contributed by atoms with van der Waals surface area (Å²) in [5.74, 6) is 1.90. The summed E-state index contributed by atoms with van der Waals surface area (Å²) >= 11 is 0. The predicted octanol–water partition coefficient (Wildman–Crippen LogP) is 1.64. The first-order chi connectivity index (χ1) is 10.2. The van der Waals surface area contributed by atoms with Crippen molar-refractivity contribution in [3.8, 4) is 6.07 Å². The van der Waals surface area contributed by atoms with Crippen LogP contribution in [0.3, 0.4) is 0 Å². The van der Waals surface area contributed by atoms with Gasteiger partial charge in [-0.3, -0.25) is 0 Å². The molecule has 1 aromatic heterocycles. The second-order valence-corrected chi connectivity index (χ2v) is 5.38. The van der Waals surface area contributed by atoms with Gasteiger partial charge in [-0.05, 0) is 26.2 Å². The Morgan fingerprint density at radius 3 is 2.62 bits per heavy atom. The quantitative estimate of drug-likeness (QED) is 0.882. The molecule has 0 bridgehead atoms. The van der Waals surface area contributed by atoms with Gasteiger partial charge in [-0.25, -0.2) is 0 Å². The molecule has 0 aromatic carbocycles. The zero-order chi connectivity index (χ0) is 15.2. The van der Waals surface area contributed by atoms with Crippen molar-refractivity contribution in [1.82, 2.24) is 15.0 Å². The molecule has 1 aromatic rings. The van der Waals surface area contributed by atoms with E-state index in [1.165, 1.54) is 19.3 Å². The van der Waals surface area contributed by atoms with E-state index < -0.39 is 0 Å². The first-order valence-corrected chi connectivity index (χ1v) is 7.44. The highest BCUT2D eigenvalue weighted by atomic mass is 15.4. The number of nitrogens with zero attached hydrogens (tertiary/aromatic N) is 6. The van der Waals surface area contributed by atoms with E-state index in [2.05, 4.69) is 31.2 Å². The predicted molar refractivity (Wildman–Crippen MR) is 83.5 cm³/mol. The van der Waals surface area contributed by atoms with E-state index in [1.807, 2.05) is 18.9 Å². The number of nitriles is 1. The van der Waals surface area contributed by atoms with Crippen molar-refractivity contribution >= 4 is 17.8 Å². The molecule has 21 heavy (non-hydrogen) atoms. The Morgan fingerprint density at radius 1 is 1.29 bits per heavy atom. The van der Waals surface area contributed by atoms with Gasteiger partial charge in [0.1, 0.15) is 0 Å². The van der Waals surface area contributed by atoms with Crippen LogP contribution in [-0.2, 0) is 0 Å². The Kier molecular flexibility index (Phi) is 5.14. The number of hydrogen-bond acceptors (Lipinski definition) is 7. The topological polar surface area (TPSA) is 81.0 Å². The maximum atomic E-state index is 8.84. The lowest BCUT2D eigenvalue weighted by atomic mass is 10.1. The summed E-state index contributed by atoms with van der Waals surface area (Å²) in [6, 6.07) is 2.25. The maximum Gasteiger partial charge on any atom is 0.231 e. The fourth-order valence-electron chi connectivity index (χ4n) is 2.32. The van der Waals surface area contributed by atoms with E-state index in [-0.39, 0.29) is 6.04 Å². The minimum Gasteiger partial charge on any atom is -0.357 e. The zero-order valence-corrected chi connectivity index (χ0v) is 13.0. The van der Waals surface area contributed by atoms with E-state index in [0.29, 0.717) is 18.3 Å². The lowest BCUT2D eigenvalue weighted by Gasteiger charge is -2.28. The number of anilines is 3. The Hall–Kier alpha value is -2.10. The highest BCUT2D eigenvalue weighted by Crippen LogP contribution is 2.20. The third-order valence-electron chi connectivity index (χ3n) is 3.84. The monoisotopic (exact) mass is 289 g/mol. The van der Waals surface area contributed by atoms with Crippen LogP contribution >= 0.6 is 0 Å². The largest absolute Gasteiger partial charge is 0.357 e. The van der Waals surface area contributed by atoms with Gasteiger partial charge in [0, 0.05) is 33.2 Å². The third kappa shape index (κ3) is 3.72. The Bertz CT molecular complexity index is 505. The molecule has 0 aliphatic carbocycles. The summed E-state index contributed by atoms with van der Waals surface area (Å²) in [6.07, 6.45) is 4.07. The number of aromatic nitrogens is 3. The van der Waals surface area contributed by atoms with Crippen LogP contribution in [0, 0.1) is 11.3 Å². The number of nitrogens with one attached hydrogen (secondary N) is 1. The molecule has 0 saturated carbocycles. The van der Waals surface area contributed by atoms with Crippen molar-refractivity contribution in [3.05, 3.63) is 0 Å². The molecule has 0 radical (unpaired) electrons. The second-order valence-electron chi connectivity index (χ2n) is 5.38. The summed E-state index contributed by atoms with van der Waals surface area (Å²) < 4.78 is 0. The fourth-order valence-corrected chi connectivity index (χ4v) is 2.32. The van der Waals surface area contributed by atoms with Gasteiger partial charge in [0.05, 0.1) is 12.5 Å². The summed E-state index contributed by atoms with van der Waals surface area (Å²) in [4.78, 5) is 17.6. The molecule has 0 amide bonds. The van der Waals surface area contributed by atoms with Gasteiger partial charge < -0.3 is 15.1 Å². The number of rotatable bonds is 5. The molecule has 1 atom stereocenters. The van der Waals surface area contributed by atoms with Crippen LogP contribution in [0.15, 0.2) is 0 Å². The standard InChI is InChI=1S/C14H23N7/c1-11(7-8-15)20(3)13-17-12(16-2)18-14(19-13)21-9-5-4-6-10-21/h11H,4-7,9-10H2,1-3H3,(H,16,17,18,19). The SMILES string of the molecule is CNc1nc(N2CCCCC2)nc(N(C)C(C)CC#N)n1. The van der Waals surface area contributed by atoms with E-state index in [0.717, 1.165) is 19.0 Å². The molecule has 7 nitrogen and oxygen atoms in total. The van der Waals surface area contributed by atoms with Crippen molar-refractivity contribution in [2.24, 2.45) is 0 Å². The average Bonchev–Trinajstić information content (AvgIpc) is 2.54. The van der Waals surface area contributed by atoms with Crippen LogP contribution in [-0.4, -0.2) is 48.2 Å². The van der Waals surface area contributed by atoms with Gasteiger partial charge in [0.25, 0.3) is 0 Å². The van der Waals surface area contributed by atoms with Crippen molar-refractivity contribution < 1.29 is 0 Å². The lowest BCUT2D eigenvalue weighted by molar-refractivity contribution is 0.566. The van der Waals surface area contributed by atoms with E-state index in [1.54, 1.807) is 7.05 Å². The molecule has 2 heterocycles. The molecule has 1 N–H and O–H groups in total. The molecule has 1 fully saturated rings.